The van der Waals surface area contributed by atoms with Crippen LogP contribution in [-0.2, 0) is 0 Å². The molecule has 0 atom stereocenters. The molecule has 5 heteroatoms. The second-order valence-corrected chi connectivity index (χ2v) is 8.58. The number of nitrogens with two attached hydrogens (primary N) is 1. The van der Waals surface area contributed by atoms with Crippen LogP contribution in [0.3, 0.4) is 0 Å². The quantitative estimate of drug-likeness (QED) is 0.370. The van der Waals surface area contributed by atoms with Crippen molar-refractivity contribution in [2.75, 3.05) is 6.54 Å². The number of para-hydroxylation sites is 1. The summed E-state index contributed by atoms with van der Waals surface area (Å²) in [5, 5.41) is 1.12. The minimum Gasteiger partial charge on any atom is -0.382 e. The molecule has 0 saturated carbocycles. The molecule has 1 aromatic heterocycles. The Balaban J connectivity index is 1.79. The Hall–Kier alpha value is -3.60. The highest BCUT2D eigenvalue weighted by Gasteiger charge is 2.24. The third-order valence-corrected chi connectivity index (χ3v) is 6.22. The van der Waals surface area contributed by atoms with E-state index in [4.69, 9.17) is 5.73 Å². The fourth-order valence-corrected chi connectivity index (χ4v) is 4.74. The van der Waals surface area contributed by atoms with Crippen LogP contribution in [0.2, 0.25) is 0 Å². The number of hydrogen-bond donors (Lipinski definition) is 2. The number of nitrogens with zero attached hydrogens (tertiary/aromatic N) is 3. The number of aromatic nitrogens is 1. The molecule has 3 aromatic rings. The fourth-order valence-electron chi connectivity index (χ4n) is 4.74. The second-order valence-electron chi connectivity index (χ2n) is 8.58. The van der Waals surface area contributed by atoms with E-state index >= 15 is 0 Å². The van der Waals surface area contributed by atoms with Crippen molar-refractivity contribution >= 4 is 29.2 Å². The van der Waals surface area contributed by atoms with Gasteiger partial charge >= 0.3 is 0 Å². The van der Waals surface area contributed by atoms with E-state index in [1.165, 1.54) is 31.2 Å². The van der Waals surface area contributed by atoms with Crippen LogP contribution >= 0.6 is 0 Å². The van der Waals surface area contributed by atoms with Crippen molar-refractivity contribution in [3.63, 3.8) is 0 Å². The van der Waals surface area contributed by atoms with E-state index in [0.717, 1.165) is 40.1 Å². The molecule has 0 bridgehead atoms. The highest BCUT2D eigenvalue weighted by Crippen LogP contribution is 2.33. The number of hydrogen-bond acceptors (Lipinski definition) is 4. The summed E-state index contributed by atoms with van der Waals surface area (Å²) < 4.78 is 0. The van der Waals surface area contributed by atoms with E-state index in [0.29, 0.717) is 11.8 Å². The number of benzene rings is 2. The van der Waals surface area contributed by atoms with Crippen LogP contribution in [0.4, 0.5) is 0 Å². The summed E-state index contributed by atoms with van der Waals surface area (Å²) in [6.07, 6.45) is 8.49. The molecular weight excluding hydrogens is 406 g/mol. The number of amidine groups is 1. The standard InChI is InChI=1S/C28H33N5/c1-4-10-20(11-5-2)19-33-17-16-31-28(29)27(33)26(30-3)24-18-22-14-9-15-23(25(22)32-24)21-12-7-6-8-13-21/h6-9,12-18,20,32H,3-5,10-11,19H2,1-2H3,(H2,29,31)/b27-26-. The Labute approximate surface area is 196 Å². The zero-order valence-corrected chi connectivity index (χ0v) is 19.6. The van der Waals surface area contributed by atoms with E-state index in [9.17, 15) is 0 Å². The lowest BCUT2D eigenvalue weighted by molar-refractivity contribution is 0.331. The molecule has 3 N–H and O–H groups in total. The summed E-state index contributed by atoms with van der Waals surface area (Å²) in [7, 11) is 0. The Morgan fingerprint density at radius 1 is 1.09 bits per heavy atom. The normalized spacial score (nSPS) is 15.2. The molecule has 2 aromatic carbocycles. The van der Waals surface area contributed by atoms with Crippen molar-refractivity contribution < 1.29 is 0 Å². The average Bonchev–Trinajstić information content (AvgIpc) is 3.26. The van der Waals surface area contributed by atoms with Gasteiger partial charge in [-0.05, 0) is 37.1 Å². The Morgan fingerprint density at radius 2 is 1.85 bits per heavy atom. The number of nitrogens with one attached hydrogen (secondary N) is 1. The average molecular weight is 440 g/mol. The largest absolute Gasteiger partial charge is 0.382 e. The number of fused-ring (bicyclic) bond motifs is 1. The zero-order chi connectivity index (χ0) is 23.2. The number of rotatable bonds is 9. The third-order valence-electron chi connectivity index (χ3n) is 6.22. The van der Waals surface area contributed by atoms with E-state index in [1.807, 2.05) is 12.3 Å². The monoisotopic (exact) mass is 439 g/mol. The summed E-state index contributed by atoms with van der Waals surface area (Å²) in [6.45, 7) is 9.27. The van der Waals surface area contributed by atoms with Crippen LogP contribution in [0.1, 0.15) is 45.2 Å². The van der Waals surface area contributed by atoms with Gasteiger partial charge in [0, 0.05) is 29.9 Å². The summed E-state index contributed by atoms with van der Waals surface area (Å²) >= 11 is 0. The topological polar surface area (TPSA) is 69.8 Å². The molecule has 4 rings (SSSR count). The number of aliphatic imine (C=N–C) groups is 2. The van der Waals surface area contributed by atoms with Gasteiger partial charge in [-0.25, -0.2) is 4.99 Å². The van der Waals surface area contributed by atoms with Crippen LogP contribution in [-0.4, -0.2) is 29.0 Å². The predicted molar refractivity (Wildman–Crippen MR) is 141 cm³/mol. The Bertz CT molecular complexity index is 1190. The molecule has 1 aliphatic rings. The van der Waals surface area contributed by atoms with Crippen molar-refractivity contribution in [3.05, 3.63) is 78.4 Å². The minimum absolute atomic E-state index is 0.466. The summed E-state index contributed by atoms with van der Waals surface area (Å²) in [4.78, 5) is 14.6. The molecule has 5 nitrogen and oxygen atoms in total. The van der Waals surface area contributed by atoms with E-state index in [1.54, 1.807) is 6.20 Å². The lowest BCUT2D eigenvalue weighted by Crippen LogP contribution is -2.34. The molecule has 2 heterocycles. The van der Waals surface area contributed by atoms with E-state index in [2.05, 4.69) is 89.0 Å². The third kappa shape index (κ3) is 4.77. The van der Waals surface area contributed by atoms with Gasteiger partial charge in [0.15, 0.2) is 0 Å². The van der Waals surface area contributed by atoms with Gasteiger partial charge in [-0.15, -0.1) is 0 Å². The van der Waals surface area contributed by atoms with Gasteiger partial charge < -0.3 is 15.6 Å². The molecule has 0 unspecified atom stereocenters. The molecule has 33 heavy (non-hydrogen) atoms. The van der Waals surface area contributed by atoms with Crippen LogP contribution in [0.5, 0.6) is 0 Å². The summed E-state index contributed by atoms with van der Waals surface area (Å²) in [5.74, 6) is 1.05. The molecule has 1 aliphatic heterocycles. The first-order valence-corrected chi connectivity index (χ1v) is 11.8. The van der Waals surface area contributed by atoms with Crippen molar-refractivity contribution in [2.24, 2.45) is 21.6 Å². The van der Waals surface area contributed by atoms with Crippen LogP contribution in [0.25, 0.3) is 27.7 Å². The molecule has 0 saturated heterocycles. The lowest BCUT2D eigenvalue weighted by atomic mass is 9.97. The first-order chi connectivity index (χ1) is 16.2. The number of H-pyrrole nitrogens is 1. The summed E-state index contributed by atoms with van der Waals surface area (Å²) in [5.41, 5.74) is 12.2. The maximum atomic E-state index is 6.42. The zero-order valence-electron chi connectivity index (χ0n) is 19.6. The van der Waals surface area contributed by atoms with Crippen LogP contribution in [0.15, 0.2) is 82.7 Å². The van der Waals surface area contributed by atoms with Gasteiger partial charge in [-0.1, -0.05) is 75.2 Å². The van der Waals surface area contributed by atoms with Crippen molar-refractivity contribution in [1.29, 1.82) is 0 Å². The van der Waals surface area contributed by atoms with Crippen LogP contribution < -0.4 is 5.73 Å². The lowest BCUT2D eigenvalue weighted by Gasteiger charge is -2.30. The summed E-state index contributed by atoms with van der Waals surface area (Å²) in [6, 6.07) is 18.9. The maximum absolute atomic E-state index is 6.42. The van der Waals surface area contributed by atoms with Crippen molar-refractivity contribution in [2.45, 2.75) is 39.5 Å². The fraction of sp³-hybridized carbons (Fsp3) is 0.286. The van der Waals surface area contributed by atoms with Crippen LogP contribution in [0, 0.1) is 5.92 Å². The molecule has 0 spiro atoms. The SMILES string of the molecule is C=N/C(=C1/C(N)=NC=CN1CC(CCC)CCC)c1cc2cccc(-c3ccccc3)c2[nH]1. The Kier molecular flexibility index (Phi) is 7.08. The predicted octanol–water partition coefficient (Wildman–Crippen LogP) is 6.56. The molecule has 0 amide bonds. The van der Waals surface area contributed by atoms with Gasteiger partial charge in [-0.2, -0.15) is 0 Å². The molecule has 0 radical (unpaired) electrons. The van der Waals surface area contributed by atoms with E-state index in [-0.39, 0.29) is 0 Å². The van der Waals surface area contributed by atoms with Gasteiger partial charge in [0.1, 0.15) is 17.2 Å². The first kappa shape index (κ1) is 22.6. The van der Waals surface area contributed by atoms with Crippen molar-refractivity contribution in [3.8, 4) is 11.1 Å². The molecule has 170 valence electrons. The second kappa shape index (κ2) is 10.3. The molecule has 0 aliphatic carbocycles. The Morgan fingerprint density at radius 3 is 2.55 bits per heavy atom. The van der Waals surface area contributed by atoms with Crippen molar-refractivity contribution in [1.82, 2.24) is 9.88 Å². The number of aromatic amines is 1. The first-order valence-electron chi connectivity index (χ1n) is 11.8. The highest BCUT2D eigenvalue weighted by molar-refractivity contribution is 6.05. The molecular formula is C28H33N5. The maximum Gasteiger partial charge on any atom is 0.149 e. The van der Waals surface area contributed by atoms with Gasteiger partial charge in [0.05, 0.1) is 11.2 Å². The highest BCUT2D eigenvalue weighted by atomic mass is 15.2. The smallest absolute Gasteiger partial charge is 0.149 e. The van der Waals surface area contributed by atoms with Gasteiger partial charge in [0.2, 0.25) is 0 Å². The minimum atomic E-state index is 0.466. The van der Waals surface area contributed by atoms with E-state index < -0.39 is 0 Å². The van der Waals surface area contributed by atoms with Gasteiger partial charge in [0.25, 0.3) is 0 Å². The molecule has 0 fully saturated rings. The van der Waals surface area contributed by atoms with Gasteiger partial charge in [-0.3, -0.25) is 4.99 Å².